The summed E-state index contributed by atoms with van der Waals surface area (Å²) in [7, 11) is 0. The molecule has 1 heterocycles. The van der Waals surface area contributed by atoms with E-state index in [-0.39, 0.29) is 29.6 Å². The van der Waals surface area contributed by atoms with Crippen molar-refractivity contribution < 1.29 is 28.9 Å². The Morgan fingerprint density at radius 1 is 0.857 bits per heavy atom. The second-order valence-electron chi connectivity index (χ2n) is 7.75. The van der Waals surface area contributed by atoms with Crippen molar-refractivity contribution in [2.75, 3.05) is 17.2 Å². The standard InChI is InChI=1S/C25H18N4O6/c30-23(26-15-11-9-14(10-12-15)24(31)32)21-22(29-35-28-21)27-25(33)34-13-20-18-7-3-1-5-16(18)17-6-2-4-8-19(17)20/h1-12,20H,13H2,(H,26,30)(H,31,32)(H,27,29,33). The molecule has 0 spiro atoms. The number of carboxylic acid groups (broad SMARTS) is 1. The van der Waals surface area contributed by atoms with Crippen LogP contribution in [0.25, 0.3) is 11.1 Å². The van der Waals surface area contributed by atoms with Gasteiger partial charge >= 0.3 is 12.1 Å². The van der Waals surface area contributed by atoms with Crippen molar-refractivity contribution in [1.82, 2.24) is 10.3 Å². The number of nitrogens with zero attached hydrogens (tertiary/aromatic N) is 2. The van der Waals surface area contributed by atoms with Crippen molar-refractivity contribution in [2.45, 2.75) is 5.92 Å². The Balaban J connectivity index is 1.24. The summed E-state index contributed by atoms with van der Waals surface area (Å²) in [6.07, 6.45) is -0.817. The topological polar surface area (TPSA) is 144 Å². The van der Waals surface area contributed by atoms with Gasteiger partial charge in [-0.25, -0.2) is 14.2 Å². The first-order valence-corrected chi connectivity index (χ1v) is 10.6. The average molecular weight is 470 g/mol. The van der Waals surface area contributed by atoms with Crippen LogP contribution in [0.2, 0.25) is 0 Å². The van der Waals surface area contributed by atoms with Crippen LogP contribution in [0.4, 0.5) is 16.3 Å². The van der Waals surface area contributed by atoms with E-state index in [2.05, 4.69) is 25.6 Å². The Bertz CT molecular complexity index is 1380. The number of fused-ring (bicyclic) bond motifs is 3. The molecule has 0 radical (unpaired) electrons. The molecule has 0 saturated carbocycles. The lowest BCUT2D eigenvalue weighted by Crippen LogP contribution is -2.21. The predicted octanol–water partition coefficient (Wildman–Crippen LogP) is 4.38. The molecule has 5 rings (SSSR count). The molecule has 0 bridgehead atoms. The van der Waals surface area contributed by atoms with E-state index in [9.17, 15) is 14.4 Å². The maximum atomic E-state index is 12.6. The van der Waals surface area contributed by atoms with E-state index >= 15 is 0 Å². The number of hydrogen-bond donors (Lipinski definition) is 3. The van der Waals surface area contributed by atoms with Gasteiger partial charge in [-0.3, -0.25) is 10.1 Å². The highest BCUT2D eigenvalue weighted by molar-refractivity contribution is 6.07. The fourth-order valence-electron chi connectivity index (χ4n) is 4.04. The quantitative estimate of drug-likeness (QED) is 0.377. The number of benzene rings is 3. The van der Waals surface area contributed by atoms with E-state index < -0.39 is 18.0 Å². The van der Waals surface area contributed by atoms with Crippen LogP contribution in [0.5, 0.6) is 0 Å². The molecule has 1 aliphatic rings. The van der Waals surface area contributed by atoms with Crippen molar-refractivity contribution in [2.24, 2.45) is 0 Å². The third-order valence-corrected chi connectivity index (χ3v) is 5.66. The van der Waals surface area contributed by atoms with Crippen LogP contribution >= 0.6 is 0 Å². The molecule has 174 valence electrons. The molecular weight excluding hydrogens is 452 g/mol. The van der Waals surface area contributed by atoms with Crippen molar-refractivity contribution in [1.29, 1.82) is 0 Å². The summed E-state index contributed by atoms with van der Waals surface area (Å²) in [5.74, 6) is -2.12. The number of hydrogen-bond acceptors (Lipinski definition) is 7. The highest BCUT2D eigenvalue weighted by Gasteiger charge is 2.29. The van der Waals surface area contributed by atoms with E-state index in [0.717, 1.165) is 22.3 Å². The van der Waals surface area contributed by atoms with Crippen LogP contribution in [-0.2, 0) is 4.74 Å². The summed E-state index contributed by atoms with van der Waals surface area (Å²) in [5.41, 5.74) is 4.48. The number of aromatic carboxylic acids is 1. The lowest BCUT2D eigenvalue weighted by molar-refractivity contribution is 0.0696. The smallest absolute Gasteiger partial charge is 0.412 e. The molecule has 1 aromatic heterocycles. The molecule has 3 aromatic carbocycles. The van der Waals surface area contributed by atoms with Crippen LogP contribution in [0.15, 0.2) is 77.4 Å². The summed E-state index contributed by atoms with van der Waals surface area (Å²) in [6.45, 7) is 0.0859. The molecule has 35 heavy (non-hydrogen) atoms. The molecule has 1 aliphatic carbocycles. The van der Waals surface area contributed by atoms with Crippen molar-refractivity contribution in [3.8, 4) is 11.1 Å². The molecule has 0 unspecified atom stereocenters. The number of rotatable bonds is 6. The third-order valence-electron chi connectivity index (χ3n) is 5.66. The largest absolute Gasteiger partial charge is 0.478 e. The van der Waals surface area contributed by atoms with Gasteiger partial charge in [0.25, 0.3) is 5.91 Å². The molecule has 10 nitrogen and oxygen atoms in total. The second kappa shape index (κ2) is 9.10. The lowest BCUT2D eigenvalue weighted by atomic mass is 9.98. The van der Waals surface area contributed by atoms with E-state index in [0.29, 0.717) is 5.69 Å². The number of aromatic nitrogens is 2. The van der Waals surface area contributed by atoms with Gasteiger partial charge in [-0.1, -0.05) is 48.5 Å². The molecule has 2 amide bonds. The van der Waals surface area contributed by atoms with Crippen LogP contribution in [0, 0.1) is 0 Å². The molecule has 0 atom stereocenters. The number of carbonyl (C=O) groups is 3. The van der Waals surface area contributed by atoms with Crippen molar-refractivity contribution >= 4 is 29.5 Å². The Labute approximate surface area is 198 Å². The Morgan fingerprint density at radius 3 is 2.11 bits per heavy atom. The molecule has 4 aromatic rings. The fraction of sp³-hybridized carbons (Fsp3) is 0.0800. The van der Waals surface area contributed by atoms with Gasteiger partial charge in [-0.2, -0.15) is 0 Å². The molecule has 0 saturated heterocycles. The van der Waals surface area contributed by atoms with E-state index in [1.807, 2.05) is 48.5 Å². The lowest BCUT2D eigenvalue weighted by Gasteiger charge is -2.14. The maximum Gasteiger partial charge on any atom is 0.412 e. The van der Waals surface area contributed by atoms with Gasteiger partial charge in [-0.05, 0) is 56.8 Å². The van der Waals surface area contributed by atoms with Crippen LogP contribution < -0.4 is 10.6 Å². The van der Waals surface area contributed by atoms with Gasteiger partial charge in [-0.15, -0.1) is 0 Å². The number of carbonyl (C=O) groups excluding carboxylic acids is 2. The van der Waals surface area contributed by atoms with Crippen molar-refractivity contribution in [3.63, 3.8) is 0 Å². The minimum atomic E-state index is -1.09. The van der Waals surface area contributed by atoms with Gasteiger partial charge in [0.05, 0.1) is 5.56 Å². The first kappa shape index (κ1) is 21.8. The van der Waals surface area contributed by atoms with Gasteiger partial charge < -0.3 is 15.2 Å². The van der Waals surface area contributed by atoms with Gasteiger partial charge in [0, 0.05) is 11.6 Å². The van der Waals surface area contributed by atoms with E-state index in [1.54, 1.807) is 0 Å². The second-order valence-corrected chi connectivity index (χ2v) is 7.75. The molecule has 0 fully saturated rings. The summed E-state index contributed by atoms with van der Waals surface area (Å²) in [5, 5.41) is 21.0. The molecule has 0 aliphatic heterocycles. The molecular formula is C25H18N4O6. The summed E-state index contributed by atoms with van der Waals surface area (Å²) in [4.78, 5) is 36.0. The summed E-state index contributed by atoms with van der Waals surface area (Å²) < 4.78 is 10.1. The Morgan fingerprint density at radius 2 is 1.49 bits per heavy atom. The van der Waals surface area contributed by atoms with Crippen molar-refractivity contribution in [3.05, 3.63) is 95.2 Å². The van der Waals surface area contributed by atoms with E-state index in [1.165, 1.54) is 24.3 Å². The number of ether oxygens (including phenoxy) is 1. The Kier molecular flexibility index (Phi) is 5.68. The Hall–Kier alpha value is -4.99. The highest BCUT2D eigenvalue weighted by Crippen LogP contribution is 2.44. The molecule has 3 N–H and O–H groups in total. The fourth-order valence-corrected chi connectivity index (χ4v) is 4.04. The van der Waals surface area contributed by atoms with Gasteiger partial charge in [0.15, 0.2) is 0 Å². The monoisotopic (exact) mass is 470 g/mol. The third kappa shape index (κ3) is 4.32. The summed E-state index contributed by atoms with van der Waals surface area (Å²) >= 11 is 0. The van der Waals surface area contributed by atoms with Crippen LogP contribution in [0.1, 0.15) is 37.9 Å². The van der Waals surface area contributed by atoms with Crippen LogP contribution in [-0.4, -0.2) is 40.0 Å². The number of anilines is 2. The average Bonchev–Trinajstić information content (AvgIpc) is 3.45. The SMILES string of the molecule is O=C(Nc1nonc1C(=O)Nc1ccc(C(=O)O)cc1)OCC1c2ccccc2-c2ccccc21. The van der Waals surface area contributed by atoms with Crippen LogP contribution in [0.3, 0.4) is 0 Å². The number of carboxylic acids is 1. The van der Waals surface area contributed by atoms with E-state index in [4.69, 9.17) is 9.84 Å². The zero-order chi connectivity index (χ0) is 24.4. The maximum absolute atomic E-state index is 12.6. The highest BCUT2D eigenvalue weighted by atomic mass is 16.6. The zero-order valence-electron chi connectivity index (χ0n) is 18.1. The zero-order valence-corrected chi connectivity index (χ0v) is 18.1. The molecule has 10 heteroatoms. The number of amides is 2. The number of nitrogens with one attached hydrogen (secondary N) is 2. The normalized spacial score (nSPS) is 11.9. The predicted molar refractivity (Wildman–Crippen MR) is 124 cm³/mol. The minimum Gasteiger partial charge on any atom is -0.478 e. The first-order chi connectivity index (χ1) is 17.0. The first-order valence-electron chi connectivity index (χ1n) is 10.6. The van der Waals surface area contributed by atoms with Gasteiger partial charge in [0.2, 0.25) is 11.5 Å². The van der Waals surface area contributed by atoms with Gasteiger partial charge in [0.1, 0.15) is 6.61 Å². The minimum absolute atomic E-state index is 0.0729. The summed E-state index contributed by atoms with van der Waals surface area (Å²) in [6, 6.07) is 21.4.